The number of aliphatic hydroxyl groups excluding tert-OH is 1. The maximum Gasteiger partial charge on any atom is 0.422 e. The number of carbonyl (C=O) groups excluding carboxylic acids is 2. The quantitative estimate of drug-likeness (QED) is 0.315. The van der Waals surface area contributed by atoms with Gasteiger partial charge in [0.2, 0.25) is 17.5 Å². The average Bonchev–Trinajstić information content (AvgIpc) is 3.59. The fourth-order valence-electron chi connectivity index (χ4n) is 4.39. The molecule has 5 rings (SSSR count). The third-order valence-electron chi connectivity index (χ3n) is 6.46. The highest BCUT2D eigenvalue weighted by molar-refractivity contribution is 5.88. The van der Waals surface area contributed by atoms with Crippen LogP contribution < -0.4 is 5.32 Å². The number of halogens is 3. The zero-order chi connectivity index (χ0) is 28.4. The first-order chi connectivity index (χ1) is 19.1. The fourth-order valence-corrected chi connectivity index (χ4v) is 4.39. The first-order valence-electron chi connectivity index (χ1n) is 12.4. The van der Waals surface area contributed by atoms with Gasteiger partial charge in [0.05, 0.1) is 6.04 Å². The molecule has 1 aliphatic heterocycles. The minimum atomic E-state index is -4.81. The van der Waals surface area contributed by atoms with Gasteiger partial charge in [0.15, 0.2) is 5.78 Å². The van der Waals surface area contributed by atoms with Gasteiger partial charge in [-0.05, 0) is 12.6 Å². The molecule has 208 valence electrons. The number of ketones is 1. The number of hydrogen-bond acceptors (Lipinski definition) is 9. The summed E-state index contributed by atoms with van der Waals surface area (Å²) in [5.41, 5.74) is -0.696. The van der Waals surface area contributed by atoms with Crippen LogP contribution in [0.15, 0.2) is 63.6 Å². The average molecular weight is 556 g/mol. The highest BCUT2D eigenvalue weighted by Crippen LogP contribution is 2.43. The first kappa shape index (κ1) is 27.2. The van der Waals surface area contributed by atoms with Gasteiger partial charge in [0.1, 0.15) is 17.4 Å². The summed E-state index contributed by atoms with van der Waals surface area (Å²) in [7, 11) is 1.94. The summed E-state index contributed by atoms with van der Waals surface area (Å²) in [5, 5.41) is 20.6. The lowest BCUT2D eigenvalue weighted by Gasteiger charge is -2.36. The van der Waals surface area contributed by atoms with Crippen molar-refractivity contribution in [3.63, 3.8) is 0 Å². The molecule has 10 nitrogen and oxygen atoms in total. The van der Waals surface area contributed by atoms with Crippen molar-refractivity contribution in [1.82, 2.24) is 25.5 Å². The largest absolute Gasteiger partial charge is 0.422 e. The minimum absolute atomic E-state index is 0.0344. The van der Waals surface area contributed by atoms with E-state index in [1.165, 1.54) is 36.4 Å². The maximum atomic E-state index is 14.0. The molecule has 0 radical (unpaired) electrons. The Labute approximate surface area is 225 Å². The van der Waals surface area contributed by atoms with Crippen LogP contribution in [0.1, 0.15) is 30.1 Å². The van der Waals surface area contributed by atoms with Crippen molar-refractivity contribution in [2.75, 3.05) is 20.1 Å². The van der Waals surface area contributed by atoms with Crippen molar-refractivity contribution in [1.29, 1.82) is 0 Å². The number of aromatic nitrogens is 3. The number of likely N-dealkylation sites (tertiary alicyclic amines) is 1. The first-order valence-corrected chi connectivity index (χ1v) is 12.4. The van der Waals surface area contributed by atoms with E-state index in [2.05, 4.69) is 25.5 Å². The number of Topliss-reactive ketones (excluding diaryl/α,β-unsaturated/α-hetero) is 1. The number of alkyl halides is 3. The molecule has 0 saturated carbocycles. The Balaban J connectivity index is 1.27. The second-order valence-electron chi connectivity index (χ2n) is 9.50. The molecule has 0 aliphatic carbocycles. The van der Waals surface area contributed by atoms with Crippen LogP contribution in [0, 0.1) is 0 Å². The van der Waals surface area contributed by atoms with E-state index in [0.717, 1.165) is 13.1 Å². The third-order valence-corrected chi connectivity index (χ3v) is 6.46. The van der Waals surface area contributed by atoms with Gasteiger partial charge in [-0.15, -0.1) is 0 Å². The maximum absolute atomic E-state index is 14.0. The summed E-state index contributed by atoms with van der Waals surface area (Å²) in [6.07, 6.45) is -6.42. The molecule has 40 heavy (non-hydrogen) atoms. The molecule has 0 bridgehead atoms. The van der Waals surface area contributed by atoms with Gasteiger partial charge in [-0.3, -0.25) is 9.59 Å². The fraction of sp³-hybridized carbons (Fsp3) is 0.296. The monoisotopic (exact) mass is 555 g/mol. The Morgan fingerprint density at radius 1 is 1.02 bits per heavy atom. The number of amides is 1. The van der Waals surface area contributed by atoms with Gasteiger partial charge >= 0.3 is 6.18 Å². The number of carbonyl (C=O) groups is 2. The highest BCUT2D eigenvalue weighted by atomic mass is 19.4. The molecule has 1 unspecified atom stereocenters. The number of hydrogen-bond donors (Lipinski definition) is 2. The summed E-state index contributed by atoms with van der Waals surface area (Å²) < 4.78 is 51.9. The van der Waals surface area contributed by atoms with Crippen LogP contribution in [0.4, 0.5) is 13.2 Å². The number of nitrogens with zero attached hydrogens (tertiary/aromatic N) is 4. The number of aliphatic hydroxyl groups is 1. The predicted molar refractivity (Wildman–Crippen MR) is 134 cm³/mol. The molecule has 1 fully saturated rings. The van der Waals surface area contributed by atoms with Crippen LogP contribution in [0.2, 0.25) is 0 Å². The number of likely N-dealkylation sites (N-methyl/N-ethyl adjacent to an activating group) is 1. The molecule has 1 atom stereocenters. The molecule has 2 aromatic carbocycles. The lowest BCUT2D eigenvalue weighted by atomic mass is 10.0. The number of rotatable bonds is 9. The zero-order valence-corrected chi connectivity index (χ0v) is 21.2. The molecule has 0 spiro atoms. The van der Waals surface area contributed by atoms with Crippen LogP contribution in [0.5, 0.6) is 0 Å². The summed E-state index contributed by atoms with van der Waals surface area (Å²) in [6, 6.07) is 13.7. The summed E-state index contributed by atoms with van der Waals surface area (Å²) >= 11 is 0. The van der Waals surface area contributed by atoms with Crippen molar-refractivity contribution in [2.45, 2.75) is 31.2 Å². The van der Waals surface area contributed by atoms with Gasteiger partial charge in [-0.2, -0.15) is 18.2 Å². The Kier molecular flexibility index (Phi) is 7.50. The van der Waals surface area contributed by atoms with Crippen molar-refractivity contribution >= 4 is 11.7 Å². The van der Waals surface area contributed by atoms with Gasteiger partial charge in [0, 0.05) is 37.1 Å². The summed E-state index contributed by atoms with van der Waals surface area (Å²) in [4.78, 5) is 30.5. The second-order valence-corrected chi connectivity index (χ2v) is 9.50. The van der Waals surface area contributed by atoms with E-state index >= 15 is 0 Å². The van der Waals surface area contributed by atoms with Gasteiger partial charge in [-0.25, -0.2) is 0 Å². The smallest absolute Gasteiger partial charge is 0.381 e. The minimum Gasteiger partial charge on any atom is -0.381 e. The summed E-state index contributed by atoms with van der Waals surface area (Å²) in [6.45, 7) is 1.51. The second kappa shape index (κ2) is 11.0. The van der Waals surface area contributed by atoms with Crippen LogP contribution in [-0.4, -0.2) is 63.2 Å². The standard InChI is InChI=1S/C27H24F3N5O5/c1-35-13-18(14-35)31-20(37)12-11-19(36)23(38)16-7-9-17(10-8-16)25-32-26(40-34-25)24-21(27(28,29)30)22(33-39-24)15-5-3-2-4-6-15/h2-10,18,23,38H,11-14H2,1H3,(H,31,37). The van der Waals surface area contributed by atoms with Gasteiger partial charge < -0.3 is 24.4 Å². The zero-order valence-electron chi connectivity index (χ0n) is 21.2. The van der Waals surface area contributed by atoms with E-state index in [-0.39, 0.29) is 41.7 Å². The van der Waals surface area contributed by atoms with E-state index in [9.17, 15) is 27.9 Å². The third kappa shape index (κ3) is 5.80. The SMILES string of the molecule is CN1CC(NC(=O)CCC(=O)C(O)c2ccc(-c3noc(-c4onc(-c5ccccc5)c4C(F)(F)F)n3)cc2)C1. The van der Waals surface area contributed by atoms with Crippen LogP contribution >= 0.6 is 0 Å². The molecule has 2 aromatic heterocycles. The van der Waals surface area contributed by atoms with E-state index in [0.29, 0.717) is 5.56 Å². The molecular formula is C27H24F3N5O5. The highest BCUT2D eigenvalue weighted by Gasteiger charge is 2.43. The lowest BCUT2D eigenvalue weighted by molar-refractivity contribution is -0.137. The number of benzene rings is 2. The van der Waals surface area contributed by atoms with E-state index in [4.69, 9.17) is 9.05 Å². The molecule has 3 heterocycles. The molecule has 1 aliphatic rings. The topological polar surface area (TPSA) is 135 Å². The van der Waals surface area contributed by atoms with E-state index < -0.39 is 41.0 Å². The Morgan fingerprint density at radius 3 is 2.38 bits per heavy atom. The van der Waals surface area contributed by atoms with Gasteiger partial charge in [-0.1, -0.05) is 64.9 Å². The molecule has 13 heteroatoms. The van der Waals surface area contributed by atoms with Crippen LogP contribution in [0.3, 0.4) is 0 Å². The van der Waals surface area contributed by atoms with E-state index in [1.807, 2.05) is 7.05 Å². The Bertz CT molecular complexity index is 1490. The normalized spacial score (nSPS) is 15.0. The summed E-state index contributed by atoms with van der Waals surface area (Å²) in [5.74, 6) is -2.03. The molecule has 2 N–H and O–H groups in total. The Hall–Kier alpha value is -4.36. The van der Waals surface area contributed by atoms with Gasteiger partial charge in [0.25, 0.3) is 5.89 Å². The van der Waals surface area contributed by atoms with E-state index in [1.54, 1.807) is 18.2 Å². The van der Waals surface area contributed by atoms with Crippen LogP contribution in [-0.2, 0) is 15.8 Å². The molecular weight excluding hydrogens is 531 g/mol. The van der Waals surface area contributed by atoms with Crippen molar-refractivity contribution in [3.8, 4) is 34.3 Å². The number of nitrogens with one attached hydrogen (secondary N) is 1. The van der Waals surface area contributed by atoms with Crippen LogP contribution in [0.25, 0.3) is 34.3 Å². The van der Waals surface area contributed by atoms with Crippen molar-refractivity contribution in [2.24, 2.45) is 0 Å². The lowest BCUT2D eigenvalue weighted by Crippen LogP contribution is -2.57. The molecule has 4 aromatic rings. The van der Waals surface area contributed by atoms with Crippen molar-refractivity contribution < 1.29 is 36.9 Å². The molecule has 1 amide bonds. The predicted octanol–water partition coefficient (Wildman–Crippen LogP) is 3.89. The Morgan fingerprint density at radius 2 is 1.73 bits per heavy atom. The molecule has 1 saturated heterocycles. The van der Waals surface area contributed by atoms with Crippen molar-refractivity contribution in [3.05, 3.63) is 65.7 Å².